The Bertz CT molecular complexity index is 745. The number of ether oxygens (including phenoxy) is 3. The zero-order valence-corrected chi connectivity index (χ0v) is 16.1. The quantitative estimate of drug-likeness (QED) is 0.720. The predicted octanol–water partition coefficient (Wildman–Crippen LogP) is 3.83. The molecule has 2 rings (SSSR count). The molecule has 0 fully saturated rings. The molecule has 2 aromatic carbocycles. The van der Waals surface area contributed by atoms with Crippen molar-refractivity contribution in [3.8, 4) is 17.2 Å². The normalized spacial score (nSPS) is 11.6. The molecule has 140 valence electrons. The number of methoxy groups -OCH3 is 2. The fourth-order valence-electron chi connectivity index (χ4n) is 2.74. The highest BCUT2D eigenvalue weighted by Crippen LogP contribution is 2.28. The number of carbonyl (C=O) groups excluding carboxylic acids is 1. The summed E-state index contributed by atoms with van der Waals surface area (Å²) < 4.78 is 16.5. The molecule has 0 saturated heterocycles. The molecule has 0 spiro atoms. The van der Waals surface area contributed by atoms with Crippen LogP contribution in [0, 0.1) is 6.92 Å². The van der Waals surface area contributed by atoms with E-state index in [9.17, 15) is 4.79 Å². The number of likely N-dealkylation sites (N-methyl/N-ethyl adjacent to an activating group) is 1. The first-order valence-electron chi connectivity index (χ1n) is 8.67. The highest BCUT2D eigenvalue weighted by Gasteiger charge is 2.22. The molecule has 26 heavy (non-hydrogen) atoms. The van der Waals surface area contributed by atoms with Crippen molar-refractivity contribution in [2.24, 2.45) is 0 Å². The van der Waals surface area contributed by atoms with E-state index < -0.39 is 6.10 Å². The fraction of sp³-hybridized carbons (Fsp3) is 0.381. The monoisotopic (exact) mass is 357 g/mol. The van der Waals surface area contributed by atoms with Crippen LogP contribution in [0.4, 0.5) is 0 Å². The van der Waals surface area contributed by atoms with Gasteiger partial charge < -0.3 is 19.1 Å². The smallest absolute Gasteiger partial charge is 0.263 e. The average molecular weight is 357 g/mol. The number of hydrogen-bond acceptors (Lipinski definition) is 4. The molecule has 0 aliphatic carbocycles. The molecular weight excluding hydrogens is 330 g/mol. The summed E-state index contributed by atoms with van der Waals surface area (Å²) in [6, 6.07) is 13.4. The van der Waals surface area contributed by atoms with E-state index in [0.29, 0.717) is 30.2 Å². The third-order valence-electron chi connectivity index (χ3n) is 4.16. The van der Waals surface area contributed by atoms with Crippen LogP contribution < -0.4 is 14.2 Å². The molecule has 0 heterocycles. The summed E-state index contributed by atoms with van der Waals surface area (Å²) in [5, 5.41) is 0. The van der Waals surface area contributed by atoms with Gasteiger partial charge in [-0.15, -0.1) is 0 Å². The van der Waals surface area contributed by atoms with Crippen LogP contribution in [0.5, 0.6) is 17.2 Å². The van der Waals surface area contributed by atoms with Gasteiger partial charge in [-0.05, 0) is 48.7 Å². The van der Waals surface area contributed by atoms with Crippen molar-refractivity contribution in [1.82, 2.24) is 4.90 Å². The lowest BCUT2D eigenvalue weighted by molar-refractivity contribution is -0.138. The van der Waals surface area contributed by atoms with E-state index in [1.54, 1.807) is 26.2 Å². The van der Waals surface area contributed by atoms with Gasteiger partial charge in [0.15, 0.2) is 17.6 Å². The van der Waals surface area contributed by atoms with Gasteiger partial charge in [0.1, 0.15) is 5.75 Å². The lowest BCUT2D eigenvalue weighted by atomic mass is 10.1. The van der Waals surface area contributed by atoms with E-state index in [-0.39, 0.29) is 5.91 Å². The molecule has 5 nitrogen and oxygen atoms in total. The number of nitrogens with zero attached hydrogens (tertiary/aromatic N) is 1. The topological polar surface area (TPSA) is 48.0 Å². The molecule has 5 heteroatoms. The zero-order chi connectivity index (χ0) is 19.1. The zero-order valence-electron chi connectivity index (χ0n) is 16.1. The fourth-order valence-corrected chi connectivity index (χ4v) is 2.74. The average Bonchev–Trinajstić information content (AvgIpc) is 2.65. The van der Waals surface area contributed by atoms with E-state index in [0.717, 1.165) is 11.1 Å². The van der Waals surface area contributed by atoms with Gasteiger partial charge >= 0.3 is 0 Å². The number of hydrogen-bond donors (Lipinski definition) is 0. The molecule has 0 aliphatic rings. The minimum Gasteiger partial charge on any atom is -0.493 e. The van der Waals surface area contributed by atoms with Crippen LogP contribution in [0.2, 0.25) is 0 Å². The molecule has 0 saturated carbocycles. The van der Waals surface area contributed by atoms with E-state index in [2.05, 4.69) is 0 Å². The van der Waals surface area contributed by atoms with Gasteiger partial charge in [0.2, 0.25) is 0 Å². The maximum Gasteiger partial charge on any atom is 0.263 e. The molecule has 0 aromatic heterocycles. The molecule has 0 bridgehead atoms. The van der Waals surface area contributed by atoms with Gasteiger partial charge in [-0.3, -0.25) is 4.79 Å². The van der Waals surface area contributed by atoms with E-state index in [4.69, 9.17) is 14.2 Å². The number of benzene rings is 2. The maximum atomic E-state index is 12.8. The Morgan fingerprint density at radius 3 is 2.42 bits per heavy atom. The van der Waals surface area contributed by atoms with Crippen molar-refractivity contribution in [1.29, 1.82) is 0 Å². The number of carbonyl (C=O) groups is 1. The highest BCUT2D eigenvalue weighted by molar-refractivity contribution is 5.81. The largest absolute Gasteiger partial charge is 0.493 e. The Balaban J connectivity index is 2.07. The van der Waals surface area contributed by atoms with Crippen LogP contribution >= 0.6 is 0 Å². The Hall–Kier alpha value is -2.69. The number of amides is 1. The second kappa shape index (κ2) is 9.13. The van der Waals surface area contributed by atoms with Crippen molar-refractivity contribution in [3.05, 3.63) is 53.6 Å². The Morgan fingerprint density at radius 1 is 1.08 bits per heavy atom. The van der Waals surface area contributed by atoms with Crippen LogP contribution in [-0.4, -0.2) is 38.2 Å². The Kier molecular flexibility index (Phi) is 6.89. The molecule has 0 N–H and O–H groups in total. The van der Waals surface area contributed by atoms with Gasteiger partial charge in [-0.25, -0.2) is 0 Å². The summed E-state index contributed by atoms with van der Waals surface area (Å²) in [6.07, 6.45) is 0.0882. The van der Waals surface area contributed by atoms with Gasteiger partial charge in [-0.2, -0.15) is 0 Å². The lowest BCUT2D eigenvalue weighted by Gasteiger charge is -2.24. The van der Waals surface area contributed by atoms with Gasteiger partial charge in [0.05, 0.1) is 14.2 Å². The molecule has 0 radical (unpaired) electrons. The summed E-state index contributed by atoms with van der Waals surface area (Å²) in [5.41, 5.74) is 2.06. The first-order valence-corrected chi connectivity index (χ1v) is 8.67. The van der Waals surface area contributed by atoms with Crippen molar-refractivity contribution in [2.75, 3.05) is 21.3 Å². The van der Waals surface area contributed by atoms with Crippen molar-refractivity contribution in [3.63, 3.8) is 0 Å². The number of rotatable bonds is 8. The lowest BCUT2D eigenvalue weighted by Crippen LogP contribution is -2.39. The molecule has 1 amide bonds. The SMILES string of the molecule is CCC(Oc1cccc(C)c1)C(=O)N(C)Cc1ccc(OC)c(OC)c1. The summed E-state index contributed by atoms with van der Waals surface area (Å²) in [7, 11) is 4.97. The summed E-state index contributed by atoms with van der Waals surface area (Å²) in [6.45, 7) is 4.41. The van der Waals surface area contributed by atoms with Crippen LogP contribution in [-0.2, 0) is 11.3 Å². The van der Waals surface area contributed by atoms with E-state index in [1.807, 2.05) is 56.3 Å². The Morgan fingerprint density at radius 2 is 1.81 bits per heavy atom. The number of aryl methyl sites for hydroxylation is 1. The van der Waals surface area contributed by atoms with Crippen molar-refractivity contribution in [2.45, 2.75) is 32.9 Å². The van der Waals surface area contributed by atoms with Crippen LogP contribution in [0.3, 0.4) is 0 Å². The summed E-state index contributed by atoms with van der Waals surface area (Å²) >= 11 is 0. The van der Waals surface area contributed by atoms with E-state index >= 15 is 0 Å². The molecule has 2 aromatic rings. The summed E-state index contributed by atoms with van der Waals surface area (Å²) in [5.74, 6) is 1.97. The third-order valence-corrected chi connectivity index (χ3v) is 4.16. The molecule has 0 aliphatic heterocycles. The van der Waals surface area contributed by atoms with Crippen LogP contribution in [0.1, 0.15) is 24.5 Å². The van der Waals surface area contributed by atoms with Gasteiger partial charge in [-0.1, -0.05) is 25.1 Å². The minimum absolute atomic E-state index is 0.0520. The Labute approximate surface area is 155 Å². The molecule has 1 atom stereocenters. The minimum atomic E-state index is -0.512. The second-order valence-electron chi connectivity index (χ2n) is 6.21. The van der Waals surface area contributed by atoms with E-state index in [1.165, 1.54) is 0 Å². The summed E-state index contributed by atoms with van der Waals surface area (Å²) in [4.78, 5) is 14.5. The van der Waals surface area contributed by atoms with Crippen molar-refractivity contribution >= 4 is 5.91 Å². The molecule has 1 unspecified atom stereocenters. The van der Waals surface area contributed by atoms with Gasteiger partial charge in [0, 0.05) is 13.6 Å². The van der Waals surface area contributed by atoms with Crippen LogP contribution in [0.15, 0.2) is 42.5 Å². The third kappa shape index (κ3) is 4.91. The van der Waals surface area contributed by atoms with Crippen LogP contribution in [0.25, 0.3) is 0 Å². The maximum absolute atomic E-state index is 12.8. The predicted molar refractivity (Wildman–Crippen MR) is 102 cm³/mol. The van der Waals surface area contributed by atoms with Crippen molar-refractivity contribution < 1.29 is 19.0 Å². The highest BCUT2D eigenvalue weighted by atomic mass is 16.5. The standard InChI is InChI=1S/C21H27NO4/c1-6-18(26-17-9-7-8-15(2)12-17)21(23)22(3)14-16-10-11-19(24-4)20(13-16)25-5/h7-13,18H,6,14H2,1-5H3. The second-order valence-corrected chi connectivity index (χ2v) is 6.21. The first-order chi connectivity index (χ1) is 12.5. The first kappa shape index (κ1) is 19.6. The van der Waals surface area contributed by atoms with Gasteiger partial charge in [0.25, 0.3) is 5.91 Å². The molecular formula is C21H27NO4.